The van der Waals surface area contributed by atoms with Crippen LogP contribution in [0.2, 0.25) is 0 Å². The van der Waals surface area contributed by atoms with Crippen molar-refractivity contribution in [2.45, 2.75) is 30.8 Å². The number of carbonyl (C=O) groups excluding carboxylic acids is 1. The van der Waals surface area contributed by atoms with Gasteiger partial charge in [-0.1, -0.05) is 0 Å². The fourth-order valence-corrected chi connectivity index (χ4v) is 2.54. The third-order valence-electron chi connectivity index (χ3n) is 3.90. The van der Waals surface area contributed by atoms with Crippen molar-refractivity contribution in [1.29, 1.82) is 0 Å². The van der Waals surface area contributed by atoms with Crippen LogP contribution in [0.25, 0.3) is 0 Å². The number of carbonyl (C=O) groups is 2. The van der Waals surface area contributed by atoms with Crippen LogP contribution < -0.4 is 0 Å². The number of hydrogen-bond donors (Lipinski definition) is 3. The molecule has 0 saturated carbocycles. The Balaban J connectivity index is 2.80. The summed E-state index contributed by atoms with van der Waals surface area (Å²) in [5.74, 6) is -2.77. The summed E-state index contributed by atoms with van der Waals surface area (Å²) >= 11 is 0. The highest BCUT2D eigenvalue weighted by molar-refractivity contribution is 5.90. The fraction of sp³-hybridized carbons (Fsp3) is 0.733. The van der Waals surface area contributed by atoms with Gasteiger partial charge < -0.3 is 34.3 Å². The number of hydrogen-bond acceptors (Lipinski definition) is 8. The first-order chi connectivity index (χ1) is 11.2. The number of carboxylic acid groups (broad SMARTS) is 1. The van der Waals surface area contributed by atoms with E-state index in [0.717, 1.165) is 6.08 Å². The summed E-state index contributed by atoms with van der Waals surface area (Å²) in [7, 11) is 2.86. The van der Waals surface area contributed by atoms with Crippen molar-refractivity contribution < 1.29 is 43.9 Å². The third-order valence-corrected chi connectivity index (χ3v) is 3.90. The fourth-order valence-electron chi connectivity index (χ4n) is 2.54. The molecule has 24 heavy (non-hydrogen) atoms. The van der Waals surface area contributed by atoms with Gasteiger partial charge in [0, 0.05) is 32.3 Å². The summed E-state index contributed by atoms with van der Waals surface area (Å²) in [6.07, 6.45) is -1.34. The molecule has 0 radical (unpaired) electrons. The van der Waals surface area contributed by atoms with Gasteiger partial charge in [0.05, 0.1) is 25.4 Å². The van der Waals surface area contributed by atoms with E-state index in [1.54, 1.807) is 0 Å². The van der Waals surface area contributed by atoms with Crippen molar-refractivity contribution in [1.82, 2.24) is 0 Å². The number of aliphatic hydroxyl groups excluding tert-OH is 1. The van der Waals surface area contributed by atoms with Crippen molar-refractivity contribution in [3.63, 3.8) is 0 Å². The zero-order chi connectivity index (χ0) is 18.3. The highest BCUT2D eigenvalue weighted by Crippen LogP contribution is 2.34. The lowest BCUT2D eigenvalue weighted by molar-refractivity contribution is -0.267. The second-order valence-electron chi connectivity index (χ2n) is 5.71. The van der Waals surface area contributed by atoms with Crippen molar-refractivity contribution >= 4 is 11.9 Å². The molecule has 0 aromatic rings. The molecule has 1 saturated heterocycles. The maximum absolute atomic E-state index is 11.5. The first-order valence-electron chi connectivity index (χ1n) is 7.35. The van der Waals surface area contributed by atoms with Crippen LogP contribution in [0, 0.1) is 5.92 Å². The number of carboxylic acids is 1. The van der Waals surface area contributed by atoms with Crippen LogP contribution >= 0.6 is 0 Å². The van der Waals surface area contributed by atoms with Crippen molar-refractivity contribution in [3.05, 3.63) is 12.2 Å². The van der Waals surface area contributed by atoms with Crippen LogP contribution in [0.4, 0.5) is 0 Å². The Hall–Kier alpha value is -1.52. The standard InChI is InChI=1S/C15H24O9/c1-15(20)11(8-22-3)24-10(9(6-21-2)14(15)19)7-23-13(18)5-4-12(16)17/h4-5,9-11,14,19-20H,6-8H2,1-3H3,(H,16,17). The minimum atomic E-state index is -1.57. The smallest absolute Gasteiger partial charge is 0.331 e. The molecular formula is C15H24O9. The Labute approximate surface area is 139 Å². The Kier molecular flexibility index (Phi) is 7.77. The van der Waals surface area contributed by atoms with E-state index < -0.39 is 41.8 Å². The second kappa shape index (κ2) is 9.09. The largest absolute Gasteiger partial charge is 0.478 e. The third kappa shape index (κ3) is 5.25. The highest BCUT2D eigenvalue weighted by atomic mass is 16.6. The van der Waals surface area contributed by atoms with Gasteiger partial charge in [-0.2, -0.15) is 0 Å². The van der Waals surface area contributed by atoms with E-state index in [2.05, 4.69) is 0 Å². The van der Waals surface area contributed by atoms with Crippen LogP contribution in [-0.4, -0.2) is 85.2 Å². The van der Waals surface area contributed by atoms with Gasteiger partial charge in [0.1, 0.15) is 18.3 Å². The quantitative estimate of drug-likeness (QED) is 0.371. The average molecular weight is 348 g/mol. The van der Waals surface area contributed by atoms with Gasteiger partial charge in [0.15, 0.2) is 0 Å². The van der Waals surface area contributed by atoms with E-state index in [-0.39, 0.29) is 19.8 Å². The first-order valence-corrected chi connectivity index (χ1v) is 7.35. The molecule has 9 nitrogen and oxygen atoms in total. The molecule has 1 aliphatic heterocycles. The SMILES string of the molecule is COCC1C(COC(=O)C=CC(=O)O)OC(COC)C(C)(O)C1O. The van der Waals surface area contributed by atoms with E-state index in [1.165, 1.54) is 21.1 Å². The molecule has 5 unspecified atom stereocenters. The molecule has 1 fully saturated rings. The zero-order valence-electron chi connectivity index (χ0n) is 13.9. The Bertz CT molecular complexity index is 460. The van der Waals surface area contributed by atoms with E-state index in [1.807, 2.05) is 0 Å². The van der Waals surface area contributed by atoms with E-state index in [9.17, 15) is 19.8 Å². The van der Waals surface area contributed by atoms with Gasteiger partial charge >= 0.3 is 11.9 Å². The minimum Gasteiger partial charge on any atom is -0.478 e. The van der Waals surface area contributed by atoms with Gasteiger partial charge in [0.2, 0.25) is 0 Å². The van der Waals surface area contributed by atoms with Crippen LogP contribution in [0.1, 0.15) is 6.92 Å². The molecule has 138 valence electrons. The molecule has 1 aliphatic rings. The van der Waals surface area contributed by atoms with Crippen molar-refractivity contribution in [3.8, 4) is 0 Å². The topological polar surface area (TPSA) is 132 Å². The van der Waals surface area contributed by atoms with Gasteiger partial charge in [0.25, 0.3) is 0 Å². The van der Waals surface area contributed by atoms with Crippen molar-refractivity contribution in [2.75, 3.05) is 34.0 Å². The molecule has 5 atom stereocenters. The number of methoxy groups -OCH3 is 2. The maximum atomic E-state index is 11.5. The lowest BCUT2D eigenvalue weighted by Gasteiger charge is -2.48. The number of aliphatic carboxylic acids is 1. The lowest BCUT2D eigenvalue weighted by Crippen LogP contribution is -2.64. The summed E-state index contributed by atoms with van der Waals surface area (Å²) < 4.78 is 20.7. The first kappa shape index (κ1) is 20.5. The monoisotopic (exact) mass is 348 g/mol. The molecule has 0 aromatic carbocycles. The van der Waals surface area contributed by atoms with E-state index >= 15 is 0 Å². The summed E-state index contributed by atoms with van der Waals surface area (Å²) in [5.41, 5.74) is -1.57. The van der Waals surface area contributed by atoms with E-state index in [0.29, 0.717) is 6.08 Å². The Morgan fingerprint density at radius 3 is 2.33 bits per heavy atom. The molecule has 1 heterocycles. The van der Waals surface area contributed by atoms with Gasteiger partial charge in [-0.15, -0.1) is 0 Å². The van der Waals surface area contributed by atoms with Gasteiger partial charge in [-0.05, 0) is 6.92 Å². The average Bonchev–Trinajstić information content (AvgIpc) is 2.51. The summed E-state index contributed by atoms with van der Waals surface area (Å²) in [5, 5.41) is 29.4. The predicted octanol–water partition coefficient (Wildman–Crippen LogP) is -1.04. The second-order valence-corrected chi connectivity index (χ2v) is 5.71. The normalized spacial score (nSPS) is 33.5. The zero-order valence-corrected chi connectivity index (χ0v) is 13.9. The molecule has 1 rings (SSSR count). The van der Waals surface area contributed by atoms with Crippen molar-refractivity contribution in [2.24, 2.45) is 5.92 Å². The lowest BCUT2D eigenvalue weighted by atomic mass is 9.79. The van der Waals surface area contributed by atoms with Crippen LogP contribution in [0.15, 0.2) is 12.2 Å². The highest BCUT2D eigenvalue weighted by Gasteiger charge is 2.52. The molecule has 0 aliphatic carbocycles. The molecule has 0 amide bonds. The number of esters is 1. The van der Waals surface area contributed by atoms with Gasteiger partial charge in [-0.25, -0.2) is 9.59 Å². The van der Waals surface area contributed by atoms with Gasteiger partial charge in [-0.3, -0.25) is 0 Å². The van der Waals surface area contributed by atoms with E-state index in [4.69, 9.17) is 24.1 Å². The Morgan fingerprint density at radius 1 is 1.17 bits per heavy atom. The number of aliphatic hydroxyl groups is 2. The number of ether oxygens (including phenoxy) is 4. The molecule has 3 N–H and O–H groups in total. The Morgan fingerprint density at radius 2 is 1.79 bits per heavy atom. The molecule has 9 heteroatoms. The number of rotatable bonds is 8. The van der Waals surface area contributed by atoms with Crippen LogP contribution in [-0.2, 0) is 28.5 Å². The van der Waals surface area contributed by atoms with Crippen LogP contribution in [0.5, 0.6) is 0 Å². The summed E-state index contributed by atoms with van der Waals surface area (Å²) in [6.45, 7) is 1.31. The van der Waals surface area contributed by atoms with Crippen LogP contribution in [0.3, 0.4) is 0 Å². The summed E-state index contributed by atoms with van der Waals surface area (Å²) in [4.78, 5) is 21.8. The maximum Gasteiger partial charge on any atom is 0.331 e. The molecule has 0 bridgehead atoms. The molecule has 0 aromatic heterocycles. The molecular weight excluding hydrogens is 324 g/mol. The predicted molar refractivity (Wildman–Crippen MR) is 80.3 cm³/mol. The molecule has 0 spiro atoms. The minimum absolute atomic E-state index is 0.0348. The summed E-state index contributed by atoms with van der Waals surface area (Å²) in [6, 6.07) is 0.